The summed E-state index contributed by atoms with van der Waals surface area (Å²) in [6, 6.07) is 0.0473. The van der Waals surface area contributed by atoms with Crippen LogP contribution in [-0.4, -0.2) is 17.1 Å². The van der Waals surface area contributed by atoms with Crippen LogP contribution in [0.3, 0.4) is 0 Å². The van der Waals surface area contributed by atoms with Crippen molar-refractivity contribution < 1.29 is 9.90 Å². The Hall–Kier alpha value is -0.280. The fourth-order valence-electron chi connectivity index (χ4n) is 1.03. The van der Waals surface area contributed by atoms with Gasteiger partial charge < -0.3 is 10.8 Å². The van der Waals surface area contributed by atoms with Crippen LogP contribution in [0.2, 0.25) is 0 Å². The van der Waals surface area contributed by atoms with Crippen LogP contribution in [0, 0.1) is 5.92 Å². The van der Waals surface area contributed by atoms with Crippen molar-refractivity contribution in [2.75, 3.05) is 0 Å². The molecule has 0 aliphatic heterocycles. The van der Waals surface area contributed by atoms with E-state index in [2.05, 4.69) is 13.8 Å². The average Bonchev–Trinajstić information content (AvgIpc) is 1.82. The molecular weight excluding hydrogens is 178 g/mol. The molecule has 0 bridgehead atoms. The number of aliphatic carboxylic acids is 1. The lowest BCUT2D eigenvalue weighted by molar-refractivity contribution is -0.137. The van der Waals surface area contributed by atoms with E-state index in [4.69, 9.17) is 10.8 Å². The van der Waals surface area contributed by atoms with Gasteiger partial charge in [-0.05, 0) is 18.8 Å². The van der Waals surface area contributed by atoms with Crippen molar-refractivity contribution in [3.63, 3.8) is 0 Å². The molecule has 0 aliphatic rings. The molecule has 0 spiro atoms. The monoisotopic (exact) mass is 195 g/mol. The Kier molecular flexibility index (Phi) is 8.76. The summed E-state index contributed by atoms with van der Waals surface area (Å²) >= 11 is 0. The number of nitrogens with two attached hydrogens (primary N) is 1. The first-order chi connectivity index (χ1) is 5.02. The topological polar surface area (TPSA) is 63.3 Å². The Bertz CT molecular complexity index is 128. The lowest BCUT2D eigenvalue weighted by Gasteiger charge is -2.11. The van der Waals surface area contributed by atoms with Crippen LogP contribution in [0.1, 0.15) is 33.1 Å². The van der Waals surface area contributed by atoms with Crippen LogP contribution in [0.4, 0.5) is 0 Å². The lowest BCUT2D eigenvalue weighted by atomic mass is 10.0. The zero-order chi connectivity index (χ0) is 8.85. The maximum atomic E-state index is 10.1. The molecule has 0 saturated carbocycles. The minimum absolute atomic E-state index is 0. The van der Waals surface area contributed by atoms with Crippen LogP contribution in [0.5, 0.6) is 0 Å². The predicted octanol–water partition coefficient (Wildman–Crippen LogP) is 1.65. The fourth-order valence-corrected chi connectivity index (χ4v) is 1.03. The Labute approximate surface area is 79.7 Å². The summed E-state index contributed by atoms with van der Waals surface area (Å²) in [7, 11) is 0. The van der Waals surface area contributed by atoms with Gasteiger partial charge >= 0.3 is 5.97 Å². The smallest absolute Gasteiger partial charge is 0.303 e. The molecule has 1 atom stereocenters. The Morgan fingerprint density at radius 1 is 1.50 bits per heavy atom. The molecule has 0 unspecified atom stereocenters. The van der Waals surface area contributed by atoms with Gasteiger partial charge in [0.1, 0.15) is 0 Å². The molecule has 12 heavy (non-hydrogen) atoms. The number of halogens is 1. The zero-order valence-electron chi connectivity index (χ0n) is 7.62. The second kappa shape index (κ2) is 7.37. The van der Waals surface area contributed by atoms with E-state index in [1.807, 2.05) is 0 Å². The van der Waals surface area contributed by atoms with Gasteiger partial charge in [0.2, 0.25) is 0 Å². The minimum Gasteiger partial charge on any atom is -0.481 e. The molecule has 0 saturated heterocycles. The molecule has 0 fully saturated rings. The summed E-state index contributed by atoms with van der Waals surface area (Å²) < 4.78 is 0. The molecule has 0 rings (SSSR count). The maximum absolute atomic E-state index is 10.1. The highest BCUT2D eigenvalue weighted by atomic mass is 35.5. The summed E-state index contributed by atoms with van der Waals surface area (Å²) in [5.74, 6) is -0.206. The van der Waals surface area contributed by atoms with E-state index >= 15 is 0 Å². The highest BCUT2D eigenvalue weighted by Gasteiger charge is 2.07. The molecule has 0 aromatic heterocycles. The van der Waals surface area contributed by atoms with Crippen LogP contribution in [0.25, 0.3) is 0 Å². The first kappa shape index (κ1) is 14.3. The summed E-state index contributed by atoms with van der Waals surface area (Å²) in [5.41, 5.74) is 5.66. The normalized spacial score (nSPS) is 12.3. The van der Waals surface area contributed by atoms with E-state index in [1.165, 1.54) is 0 Å². The first-order valence-electron chi connectivity index (χ1n) is 3.99. The van der Waals surface area contributed by atoms with E-state index in [9.17, 15) is 4.79 Å². The molecule has 74 valence electrons. The SMILES string of the molecule is CC(C)C[C@H](N)CCC(=O)O.Cl. The number of carboxylic acid groups (broad SMARTS) is 1. The van der Waals surface area contributed by atoms with Gasteiger partial charge in [0.25, 0.3) is 0 Å². The first-order valence-corrected chi connectivity index (χ1v) is 3.99. The summed E-state index contributed by atoms with van der Waals surface area (Å²) in [4.78, 5) is 10.1. The molecule has 0 amide bonds. The van der Waals surface area contributed by atoms with Gasteiger partial charge in [-0.2, -0.15) is 0 Å². The molecule has 0 aliphatic carbocycles. The second-order valence-electron chi connectivity index (χ2n) is 3.32. The van der Waals surface area contributed by atoms with Crippen molar-refractivity contribution in [2.24, 2.45) is 11.7 Å². The van der Waals surface area contributed by atoms with Gasteiger partial charge in [0.15, 0.2) is 0 Å². The number of hydrogen-bond donors (Lipinski definition) is 2. The van der Waals surface area contributed by atoms with Gasteiger partial charge in [-0.15, -0.1) is 12.4 Å². The molecule has 4 heteroatoms. The summed E-state index contributed by atoms with van der Waals surface area (Å²) in [6.07, 6.45) is 1.69. The van der Waals surface area contributed by atoms with Crippen LogP contribution in [0.15, 0.2) is 0 Å². The van der Waals surface area contributed by atoms with E-state index in [0.717, 1.165) is 6.42 Å². The lowest BCUT2D eigenvalue weighted by Crippen LogP contribution is -2.22. The number of rotatable bonds is 5. The quantitative estimate of drug-likeness (QED) is 0.701. The van der Waals surface area contributed by atoms with Crippen LogP contribution < -0.4 is 5.73 Å². The largest absolute Gasteiger partial charge is 0.481 e. The fraction of sp³-hybridized carbons (Fsp3) is 0.875. The van der Waals surface area contributed by atoms with Gasteiger partial charge in [0.05, 0.1) is 0 Å². The van der Waals surface area contributed by atoms with Crippen molar-refractivity contribution >= 4 is 18.4 Å². The van der Waals surface area contributed by atoms with E-state index < -0.39 is 5.97 Å². The summed E-state index contributed by atoms with van der Waals surface area (Å²) in [6.45, 7) is 4.17. The van der Waals surface area contributed by atoms with Crippen molar-refractivity contribution in [1.29, 1.82) is 0 Å². The molecule has 0 aromatic carbocycles. The standard InChI is InChI=1S/C8H17NO2.ClH/c1-6(2)5-7(9)3-4-8(10)11;/h6-7H,3-5,9H2,1-2H3,(H,10,11);1H/t7-;/m1./s1. The summed E-state index contributed by atoms with van der Waals surface area (Å²) in [5, 5.41) is 8.34. The molecule has 0 heterocycles. The number of hydrogen-bond acceptors (Lipinski definition) is 2. The third kappa shape index (κ3) is 9.72. The van der Waals surface area contributed by atoms with Gasteiger partial charge in [-0.3, -0.25) is 4.79 Å². The highest BCUT2D eigenvalue weighted by Crippen LogP contribution is 2.06. The van der Waals surface area contributed by atoms with Gasteiger partial charge in [0, 0.05) is 12.5 Å². The van der Waals surface area contributed by atoms with Crippen molar-refractivity contribution in [1.82, 2.24) is 0 Å². The third-order valence-electron chi connectivity index (χ3n) is 1.50. The van der Waals surface area contributed by atoms with Crippen molar-refractivity contribution in [3.8, 4) is 0 Å². The Balaban J connectivity index is 0. The maximum Gasteiger partial charge on any atom is 0.303 e. The molecular formula is C8H18ClNO2. The average molecular weight is 196 g/mol. The number of carboxylic acids is 1. The van der Waals surface area contributed by atoms with Crippen molar-refractivity contribution in [3.05, 3.63) is 0 Å². The van der Waals surface area contributed by atoms with E-state index in [-0.39, 0.29) is 24.9 Å². The second-order valence-corrected chi connectivity index (χ2v) is 3.32. The molecule has 3 N–H and O–H groups in total. The molecule has 0 aromatic rings. The highest BCUT2D eigenvalue weighted by molar-refractivity contribution is 5.85. The predicted molar refractivity (Wildman–Crippen MR) is 51.5 cm³/mol. The van der Waals surface area contributed by atoms with Gasteiger partial charge in [-0.25, -0.2) is 0 Å². The van der Waals surface area contributed by atoms with Crippen LogP contribution >= 0.6 is 12.4 Å². The Morgan fingerprint density at radius 2 is 2.00 bits per heavy atom. The molecule has 0 radical (unpaired) electrons. The van der Waals surface area contributed by atoms with E-state index in [0.29, 0.717) is 12.3 Å². The van der Waals surface area contributed by atoms with Gasteiger partial charge in [-0.1, -0.05) is 13.8 Å². The minimum atomic E-state index is -0.760. The zero-order valence-corrected chi connectivity index (χ0v) is 8.43. The third-order valence-corrected chi connectivity index (χ3v) is 1.50. The number of carbonyl (C=O) groups is 1. The van der Waals surface area contributed by atoms with E-state index in [1.54, 1.807) is 0 Å². The van der Waals surface area contributed by atoms with Crippen molar-refractivity contribution in [2.45, 2.75) is 39.2 Å². The Morgan fingerprint density at radius 3 is 2.33 bits per heavy atom. The molecule has 3 nitrogen and oxygen atoms in total. The van der Waals surface area contributed by atoms with Crippen LogP contribution in [-0.2, 0) is 4.79 Å².